The molecular weight excluding hydrogens is 272 g/mol. The van der Waals surface area contributed by atoms with Crippen LogP contribution < -0.4 is 0 Å². The Kier molecular flexibility index (Phi) is 3.71. The quantitative estimate of drug-likeness (QED) is 0.522. The van der Waals surface area contributed by atoms with Crippen LogP contribution in [0.3, 0.4) is 0 Å². The molecule has 0 fully saturated rings. The Morgan fingerprint density at radius 3 is 2.05 bits per heavy atom. The summed E-state index contributed by atoms with van der Waals surface area (Å²) in [5, 5.41) is 0. The Balaban J connectivity index is 2.08. The predicted molar refractivity (Wildman–Crippen MR) is 93.3 cm³/mol. The van der Waals surface area contributed by atoms with Gasteiger partial charge in [-0.05, 0) is 57.9 Å². The SMILES string of the molecule is C=C1c2ccc(C(C)C)cc2Sc2ccc(C(C)C)cc21. The van der Waals surface area contributed by atoms with Crippen LogP contribution in [0.4, 0.5) is 0 Å². The third-order valence-corrected chi connectivity index (χ3v) is 5.35. The van der Waals surface area contributed by atoms with Crippen LogP contribution in [0, 0.1) is 0 Å². The fourth-order valence-corrected chi connectivity index (χ4v) is 3.89. The summed E-state index contributed by atoms with van der Waals surface area (Å²) in [6, 6.07) is 13.6. The first kappa shape index (κ1) is 14.5. The Morgan fingerprint density at radius 2 is 1.38 bits per heavy atom. The molecule has 0 aliphatic carbocycles. The highest BCUT2D eigenvalue weighted by Crippen LogP contribution is 2.46. The minimum absolute atomic E-state index is 0.554. The minimum Gasteiger partial charge on any atom is -0.0905 e. The highest BCUT2D eigenvalue weighted by Gasteiger charge is 2.21. The number of hydrogen-bond donors (Lipinski definition) is 0. The molecule has 2 aromatic carbocycles. The van der Waals surface area contributed by atoms with Gasteiger partial charge in [-0.1, -0.05) is 64.2 Å². The minimum atomic E-state index is 0.554. The van der Waals surface area contributed by atoms with Crippen molar-refractivity contribution >= 4 is 17.3 Å². The fraction of sp³-hybridized carbons (Fsp3) is 0.300. The van der Waals surface area contributed by atoms with Crippen LogP contribution in [-0.4, -0.2) is 0 Å². The molecule has 1 aliphatic rings. The Bertz CT molecular complexity index is 708. The lowest BCUT2D eigenvalue weighted by molar-refractivity contribution is 0.860. The third kappa shape index (κ3) is 2.55. The summed E-state index contributed by atoms with van der Waals surface area (Å²) in [5.74, 6) is 1.12. The molecule has 0 unspecified atom stereocenters. The topological polar surface area (TPSA) is 0 Å². The molecule has 108 valence electrons. The highest BCUT2D eigenvalue weighted by atomic mass is 32.2. The van der Waals surface area contributed by atoms with Gasteiger partial charge >= 0.3 is 0 Å². The lowest BCUT2D eigenvalue weighted by Crippen LogP contribution is -2.01. The molecule has 0 radical (unpaired) electrons. The second-order valence-electron chi connectivity index (χ2n) is 6.40. The number of hydrogen-bond acceptors (Lipinski definition) is 1. The van der Waals surface area contributed by atoms with E-state index < -0.39 is 0 Å². The van der Waals surface area contributed by atoms with Crippen LogP contribution in [0.1, 0.15) is 61.8 Å². The van der Waals surface area contributed by atoms with E-state index in [1.165, 1.54) is 32.0 Å². The molecule has 0 aromatic heterocycles. The lowest BCUT2D eigenvalue weighted by Gasteiger charge is -2.23. The summed E-state index contributed by atoms with van der Waals surface area (Å²) in [4.78, 5) is 2.67. The zero-order valence-electron chi connectivity index (χ0n) is 13.2. The van der Waals surface area contributed by atoms with E-state index in [-0.39, 0.29) is 0 Å². The molecule has 0 amide bonds. The standard InChI is InChI=1S/C20H22S/c1-12(2)15-7-9-19-18(10-15)14(5)17-8-6-16(13(3)4)11-20(17)21-19/h6-13H,5H2,1-4H3. The first-order chi connectivity index (χ1) is 9.97. The average Bonchev–Trinajstić information content (AvgIpc) is 2.46. The summed E-state index contributed by atoms with van der Waals surface area (Å²) in [6.45, 7) is 13.3. The van der Waals surface area contributed by atoms with Crippen LogP contribution in [0.25, 0.3) is 5.57 Å². The largest absolute Gasteiger partial charge is 0.0905 e. The maximum Gasteiger partial charge on any atom is 0.0203 e. The molecule has 0 nitrogen and oxygen atoms in total. The predicted octanol–water partition coefficient (Wildman–Crippen LogP) is 6.46. The van der Waals surface area contributed by atoms with Crippen molar-refractivity contribution in [2.45, 2.75) is 49.3 Å². The van der Waals surface area contributed by atoms with Crippen molar-refractivity contribution in [3.05, 3.63) is 65.2 Å². The maximum atomic E-state index is 4.36. The van der Waals surface area contributed by atoms with Gasteiger partial charge in [0.2, 0.25) is 0 Å². The van der Waals surface area contributed by atoms with E-state index in [4.69, 9.17) is 0 Å². The van der Waals surface area contributed by atoms with Gasteiger partial charge in [0.1, 0.15) is 0 Å². The van der Waals surface area contributed by atoms with Crippen LogP contribution >= 0.6 is 11.8 Å². The third-order valence-electron chi connectivity index (χ3n) is 4.21. The number of rotatable bonds is 2. The van der Waals surface area contributed by atoms with Gasteiger partial charge in [-0.3, -0.25) is 0 Å². The van der Waals surface area contributed by atoms with Crippen molar-refractivity contribution in [3.63, 3.8) is 0 Å². The van der Waals surface area contributed by atoms with Gasteiger partial charge in [0.15, 0.2) is 0 Å². The van der Waals surface area contributed by atoms with Crippen molar-refractivity contribution in [1.29, 1.82) is 0 Å². The van der Waals surface area contributed by atoms with E-state index in [0.29, 0.717) is 11.8 Å². The molecule has 0 spiro atoms. The normalized spacial score (nSPS) is 13.5. The summed E-state index contributed by atoms with van der Waals surface area (Å²) in [5.41, 5.74) is 6.54. The molecule has 21 heavy (non-hydrogen) atoms. The molecular formula is C20H22S. The van der Waals surface area contributed by atoms with Crippen molar-refractivity contribution in [2.75, 3.05) is 0 Å². The van der Waals surface area contributed by atoms with Gasteiger partial charge in [0.05, 0.1) is 0 Å². The van der Waals surface area contributed by atoms with E-state index >= 15 is 0 Å². The summed E-state index contributed by atoms with van der Waals surface area (Å²) in [7, 11) is 0. The van der Waals surface area contributed by atoms with Gasteiger partial charge in [-0.2, -0.15) is 0 Å². The molecule has 2 aromatic rings. The molecule has 0 saturated carbocycles. The van der Waals surface area contributed by atoms with Gasteiger partial charge < -0.3 is 0 Å². The Labute approximate surface area is 132 Å². The van der Waals surface area contributed by atoms with Gasteiger partial charge in [0, 0.05) is 9.79 Å². The van der Waals surface area contributed by atoms with E-state index in [1.54, 1.807) is 0 Å². The molecule has 0 atom stereocenters. The average molecular weight is 294 g/mol. The molecule has 0 saturated heterocycles. The van der Waals surface area contributed by atoms with E-state index in [9.17, 15) is 0 Å². The first-order valence-electron chi connectivity index (χ1n) is 7.62. The molecule has 3 rings (SSSR count). The highest BCUT2D eigenvalue weighted by molar-refractivity contribution is 7.99. The number of fused-ring (bicyclic) bond motifs is 2. The van der Waals surface area contributed by atoms with Crippen LogP contribution in [0.5, 0.6) is 0 Å². The maximum absolute atomic E-state index is 4.36. The summed E-state index contributed by atoms with van der Waals surface area (Å²) >= 11 is 1.88. The second kappa shape index (κ2) is 5.38. The van der Waals surface area contributed by atoms with Gasteiger partial charge in [0.25, 0.3) is 0 Å². The molecule has 0 bridgehead atoms. The van der Waals surface area contributed by atoms with Gasteiger partial charge in [-0.15, -0.1) is 0 Å². The molecule has 1 heteroatoms. The summed E-state index contributed by atoms with van der Waals surface area (Å²) in [6.07, 6.45) is 0. The number of benzene rings is 2. The molecule has 1 aliphatic heterocycles. The van der Waals surface area contributed by atoms with Crippen LogP contribution in [-0.2, 0) is 0 Å². The van der Waals surface area contributed by atoms with Gasteiger partial charge in [-0.25, -0.2) is 0 Å². The molecule has 1 heterocycles. The first-order valence-corrected chi connectivity index (χ1v) is 8.44. The fourth-order valence-electron chi connectivity index (χ4n) is 2.73. The Hall–Kier alpha value is -1.47. The Morgan fingerprint density at radius 1 is 0.762 bits per heavy atom. The molecule has 0 N–H and O–H groups in total. The van der Waals surface area contributed by atoms with Crippen LogP contribution in [0.2, 0.25) is 0 Å². The smallest absolute Gasteiger partial charge is 0.0203 e. The summed E-state index contributed by atoms with van der Waals surface area (Å²) < 4.78 is 0. The lowest BCUT2D eigenvalue weighted by atomic mass is 9.92. The zero-order valence-corrected chi connectivity index (χ0v) is 14.1. The monoisotopic (exact) mass is 294 g/mol. The van der Waals surface area contributed by atoms with Crippen LogP contribution in [0.15, 0.2) is 52.8 Å². The second-order valence-corrected chi connectivity index (χ2v) is 7.48. The van der Waals surface area contributed by atoms with E-state index in [2.05, 4.69) is 70.7 Å². The van der Waals surface area contributed by atoms with Crippen molar-refractivity contribution in [3.8, 4) is 0 Å². The van der Waals surface area contributed by atoms with Crippen molar-refractivity contribution in [2.24, 2.45) is 0 Å². The van der Waals surface area contributed by atoms with E-state index in [1.807, 2.05) is 11.8 Å². The van der Waals surface area contributed by atoms with E-state index in [0.717, 1.165) is 5.57 Å². The van der Waals surface area contributed by atoms with Crippen molar-refractivity contribution < 1.29 is 0 Å². The zero-order chi connectivity index (χ0) is 15.1. The van der Waals surface area contributed by atoms with Crippen molar-refractivity contribution in [1.82, 2.24) is 0 Å².